The fourth-order valence-electron chi connectivity index (χ4n) is 2.44. The number of hydrogen-bond donors (Lipinski definition) is 1. The number of oxazole rings is 1. The van der Waals surface area contributed by atoms with Gasteiger partial charge in [0.2, 0.25) is 0 Å². The number of Topliss-reactive ketones (excluding diaryl/α,β-unsaturated/α-hetero) is 1. The van der Waals surface area contributed by atoms with Gasteiger partial charge in [0.1, 0.15) is 5.52 Å². The Balaban J connectivity index is 1.42. The smallest absolute Gasteiger partial charge is 0.306 e. The number of esters is 1. The number of carbonyl (C=O) groups is 3. The number of carbonyl (C=O) groups excluding carboxylic acids is 3. The summed E-state index contributed by atoms with van der Waals surface area (Å²) in [6, 6.07) is 13.8. The molecule has 2 aromatic carbocycles. The van der Waals surface area contributed by atoms with E-state index >= 15 is 0 Å². The van der Waals surface area contributed by atoms with Crippen LogP contribution in [0, 0.1) is 0 Å². The maximum Gasteiger partial charge on any atom is 0.306 e. The molecule has 7 heteroatoms. The van der Waals surface area contributed by atoms with Crippen molar-refractivity contribution in [3.8, 4) is 0 Å². The monoisotopic (exact) mass is 366 g/mol. The van der Waals surface area contributed by atoms with Gasteiger partial charge in [-0.3, -0.25) is 14.4 Å². The van der Waals surface area contributed by atoms with Crippen LogP contribution >= 0.6 is 0 Å². The van der Waals surface area contributed by atoms with Crippen molar-refractivity contribution in [3.05, 3.63) is 60.0 Å². The first-order chi connectivity index (χ1) is 13.0. The topological polar surface area (TPSA) is 98.5 Å². The summed E-state index contributed by atoms with van der Waals surface area (Å²) in [6.45, 7) is 1.08. The van der Waals surface area contributed by atoms with Gasteiger partial charge in [0.05, 0.1) is 6.42 Å². The zero-order valence-electron chi connectivity index (χ0n) is 14.7. The number of para-hydroxylation sites is 2. The van der Waals surface area contributed by atoms with Crippen molar-refractivity contribution in [3.63, 3.8) is 0 Å². The van der Waals surface area contributed by atoms with Crippen LogP contribution in [0.25, 0.3) is 11.1 Å². The van der Waals surface area contributed by atoms with Crippen molar-refractivity contribution in [2.45, 2.75) is 19.8 Å². The normalized spacial score (nSPS) is 10.6. The summed E-state index contributed by atoms with van der Waals surface area (Å²) >= 11 is 0. The summed E-state index contributed by atoms with van der Waals surface area (Å²) in [5.41, 5.74) is 2.47. The zero-order valence-corrected chi connectivity index (χ0v) is 14.7. The molecule has 0 bridgehead atoms. The quantitative estimate of drug-likeness (QED) is 0.509. The molecule has 0 aliphatic carbocycles. The van der Waals surface area contributed by atoms with Crippen LogP contribution in [-0.2, 0) is 20.7 Å². The molecule has 0 atom stereocenters. The van der Waals surface area contributed by atoms with Crippen molar-refractivity contribution >= 4 is 34.4 Å². The number of rotatable bonds is 7. The molecule has 3 aromatic rings. The second kappa shape index (κ2) is 8.27. The van der Waals surface area contributed by atoms with Crippen LogP contribution in [0.4, 0.5) is 5.69 Å². The Hall–Kier alpha value is -3.48. The molecule has 3 rings (SSSR count). The number of amides is 1. The maximum absolute atomic E-state index is 11.8. The number of nitrogens with zero attached hydrogens (tertiary/aromatic N) is 1. The predicted molar refractivity (Wildman–Crippen MR) is 98.4 cm³/mol. The van der Waals surface area contributed by atoms with Gasteiger partial charge in [-0.25, -0.2) is 4.98 Å². The molecule has 0 saturated heterocycles. The van der Waals surface area contributed by atoms with Crippen LogP contribution in [-0.4, -0.2) is 29.3 Å². The molecule has 1 amide bonds. The van der Waals surface area contributed by atoms with E-state index in [1.165, 1.54) is 6.92 Å². The molecule has 1 N–H and O–H groups in total. The van der Waals surface area contributed by atoms with E-state index in [1.807, 2.05) is 18.2 Å². The Morgan fingerprint density at radius 3 is 2.52 bits per heavy atom. The number of fused-ring (bicyclic) bond motifs is 1. The van der Waals surface area contributed by atoms with E-state index in [9.17, 15) is 14.4 Å². The van der Waals surface area contributed by atoms with Gasteiger partial charge in [0.15, 0.2) is 23.9 Å². The molecule has 7 nitrogen and oxygen atoms in total. The van der Waals surface area contributed by atoms with E-state index in [-0.39, 0.29) is 18.8 Å². The minimum atomic E-state index is -0.515. The highest BCUT2D eigenvalue weighted by Gasteiger charge is 2.11. The van der Waals surface area contributed by atoms with Crippen molar-refractivity contribution in [1.29, 1.82) is 0 Å². The fraction of sp³-hybridized carbons (Fsp3) is 0.200. The first-order valence-electron chi connectivity index (χ1n) is 8.42. The molecule has 0 aliphatic rings. The van der Waals surface area contributed by atoms with Crippen molar-refractivity contribution < 1.29 is 23.5 Å². The van der Waals surface area contributed by atoms with Gasteiger partial charge >= 0.3 is 5.97 Å². The summed E-state index contributed by atoms with van der Waals surface area (Å²) in [6.07, 6.45) is 0.356. The maximum atomic E-state index is 11.8. The third-order valence-corrected chi connectivity index (χ3v) is 3.82. The van der Waals surface area contributed by atoms with Crippen molar-refractivity contribution in [2.75, 3.05) is 11.9 Å². The van der Waals surface area contributed by atoms with Crippen LogP contribution in [0.15, 0.2) is 52.9 Å². The van der Waals surface area contributed by atoms with Gasteiger partial charge in [-0.15, -0.1) is 0 Å². The number of ketones is 1. The van der Waals surface area contributed by atoms with Crippen molar-refractivity contribution in [2.24, 2.45) is 0 Å². The lowest BCUT2D eigenvalue weighted by molar-refractivity contribution is -0.147. The number of nitrogens with one attached hydrogen (secondary N) is 1. The number of ether oxygens (including phenoxy) is 1. The van der Waals surface area contributed by atoms with E-state index in [2.05, 4.69) is 10.3 Å². The van der Waals surface area contributed by atoms with E-state index < -0.39 is 11.9 Å². The Labute approximate surface area is 155 Å². The van der Waals surface area contributed by atoms with Gasteiger partial charge in [0.25, 0.3) is 5.91 Å². The molecular weight excluding hydrogens is 348 g/mol. The van der Waals surface area contributed by atoms with E-state index in [1.54, 1.807) is 30.3 Å². The summed E-state index contributed by atoms with van der Waals surface area (Å²) in [4.78, 5) is 39.1. The van der Waals surface area contributed by atoms with Crippen LogP contribution < -0.4 is 5.32 Å². The lowest BCUT2D eigenvalue weighted by Gasteiger charge is -2.06. The van der Waals surface area contributed by atoms with Gasteiger partial charge in [-0.2, -0.15) is 0 Å². The SMILES string of the molecule is CC(=O)c1ccc(NC(=O)COC(=O)CCc2nc3ccccc3o2)cc1. The van der Waals surface area contributed by atoms with Gasteiger partial charge in [-0.05, 0) is 43.3 Å². The Morgan fingerprint density at radius 1 is 1.07 bits per heavy atom. The molecule has 0 aliphatic heterocycles. The molecule has 138 valence electrons. The first kappa shape index (κ1) is 18.3. The lowest BCUT2D eigenvalue weighted by atomic mass is 10.1. The standard InChI is InChI=1S/C20H18N2O5/c1-13(23)14-6-8-15(9-7-14)21-18(24)12-26-20(25)11-10-19-22-16-4-2-3-5-17(16)27-19/h2-9H,10-12H2,1H3,(H,21,24). The van der Waals surface area contributed by atoms with Gasteiger partial charge in [-0.1, -0.05) is 12.1 Å². The predicted octanol–water partition coefficient (Wildman–Crippen LogP) is 3.14. The van der Waals surface area contributed by atoms with Crippen LogP contribution in [0.5, 0.6) is 0 Å². The van der Waals surface area contributed by atoms with Gasteiger partial charge < -0.3 is 14.5 Å². The molecule has 1 aromatic heterocycles. The second-order valence-electron chi connectivity index (χ2n) is 5.92. The number of anilines is 1. The molecular formula is C20H18N2O5. The van der Waals surface area contributed by atoms with E-state index in [0.29, 0.717) is 29.1 Å². The van der Waals surface area contributed by atoms with Gasteiger partial charge in [0, 0.05) is 17.7 Å². The Bertz CT molecular complexity index is 942. The highest BCUT2D eigenvalue weighted by atomic mass is 16.5. The number of aryl methyl sites for hydroxylation is 1. The second-order valence-corrected chi connectivity index (χ2v) is 5.92. The molecule has 0 unspecified atom stereocenters. The first-order valence-corrected chi connectivity index (χ1v) is 8.42. The Kier molecular flexibility index (Phi) is 5.61. The number of aromatic nitrogens is 1. The minimum Gasteiger partial charge on any atom is -0.456 e. The average Bonchev–Trinajstić information content (AvgIpc) is 3.08. The molecule has 0 spiro atoms. The van der Waals surface area contributed by atoms with Crippen LogP contribution in [0.1, 0.15) is 29.6 Å². The minimum absolute atomic E-state index is 0.0549. The highest BCUT2D eigenvalue weighted by molar-refractivity contribution is 5.96. The third-order valence-electron chi connectivity index (χ3n) is 3.82. The molecule has 27 heavy (non-hydrogen) atoms. The largest absolute Gasteiger partial charge is 0.456 e. The summed E-state index contributed by atoms with van der Waals surface area (Å²) in [7, 11) is 0. The van der Waals surface area contributed by atoms with Crippen molar-refractivity contribution in [1.82, 2.24) is 4.98 Å². The summed E-state index contributed by atoms with van der Waals surface area (Å²) in [5, 5.41) is 2.60. The number of hydrogen-bond acceptors (Lipinski definition) is 6. The van der Waals surface area contributed by atoms with E-state index in [4.69, 9.17) is 9.15 Å². The van der Waals surface area contributed by atoms with E-state index in [0.717, 1.165) is 5.52 Å². The van der Waals surface area contributed by atoms with Crippen LogP contribution in [0.3, 0.4) is 0 Å². The van der Waals surface area contributed by atoms with Crippen LogP contribution in [0.2, 0.25) is 0 Å². The molecule has 0 fully saturated rings. The number of benzene rings is 2. The zero-order chi connectivity index (χ0) is 19.2. The highest BCUT2D eigenvalue weighted by Crippen LogP contribution is 2.15. The molecule has 1 heterocycles. The third kappa shape index (κ3) is 5.01. The Morgan fingerprint density at radius 2 is 1.81 bits per heavy atom. The fourth-order valence-corrected chi connectivity index (χ4v) is 2.44. The summed E-state index contributed by atoms with van der Waals surface area (Å²) in [5.74, 6) is -0.580. The molecule has 0 radical (unpaired) electrons. The lowest BCUT2D eigenvalue weighted by Crippen LogP contribution is -2.21. The average molecular weight is 366 g/mol. The summed E-state index contributed by atoms with van der Waals surface area (Å²) < 4.78 is 10.5. The molecule has 0 saturated carbocycles.